The van der Waals surface area contributed by atoms with Crippen molar-refractivity contribution in [1.82, 2.24) is 0 Å². The first-order chi connectivity index (χ1) is 8.75. The summed E-state index contributed by atoms with van der Waals surface area (Å²) in [6.07, 6.45) is 1.70. The van der Waals surface area contributed by atoms with Crippen LogP contribution in [0.4, 0.5) is 5.69 Å². The molecule has 0 radical (unpaired) electrons. The van der Waals surface area contributed by atoms with E-state index in [1.54, 1.807) is 24.3 Å². The summed E-state index contributed by atoms with van der Waals surface area (Å²) < 4.78 is 0. The number of para-hydroxylation sites is 2. The molecular formula is C15H11NO2. The summed E-state index contributed by atoms with van der Waals surface area (Å²) in [5.41, 5.74) is 2.89. The number of hydrogen-bond acceptors (Lipinski definition) is 2. The molecular weight excluding hydrogens is 226 g/mol. The summed E-state index contributed by atoms with van der Waals surface area (Å²) in [5.74, 6) is 0.0293. The zero-order chi connectivity index (χ0) is 12.5. The van der Waals surface area contributed by atoms with E-state index in [-0.39, 0.29) is 11.7 Å². The summed E-state index contributed by atoms with van der Waals surface area (Å²) in [6.45, 7) is 0. The lowest BCUT2D eigenvalue weighted by Gasteiger charge is -2.00. The molecule has 3 nitrogen and oxygen atoms in total. The average molecular weight is 237 g/mol. The minimum absolute atomic E-state index is 0.139. The van der Waals surface area contributed by atoms with Crippen molar-refractivity contribution in [3.63, 3.8) is 0 Å². The van der Waals surface area contributed by atoms with Crippen molar-refractivity contribution in [3.8, 4) is 5.75 Å². The Morgan fingerprint density at radius 1 is 1.00 bits per heavy atom. The molecule has 0 fully saturated rings. The molecule has 2 N–H and O–H groups in total. The van der Waals surface area contributed by atoms with Crippen LogP contribution in [0.1, 0.15) is 11.1 Å². The van der Waals surface area contributed by atoms with Crippen molar-refractivity contribution in [2.45, 2.75) is 0 Å². The lowest BCUT2D eigenvalue weighted by molar-refractivity contribution is -0.110. The lowest BCUT2D eigenvalue weighted by atomic mass is 10.0. The molecule has 0 saturated carbocycles. The topological polar surface area (TPSA) is 49.3 Å². The maximum Gasteiger partial charge on any atom is 0.256 e. The van der Waals surface area contributed by atoms with Crippen molar-refractivity contribution in [3.05, 3.63) is 59.7 Å². The maximum atomic E-state index is 11.9. The summed E-state index contributed by atoms with van der Waals surface area (Å²) in [5, 5.41) is 12.5. The summed E-state index contributed by atoms with van der Waals surface area (Å²) >= 11 is 0. The van der Waals surface area contributed by atoms with E-state index < -0.39 is 0 Å². The fourth-order valence-electron chi connectivity index (χ4n) is 2.05. The van der Waals surface area contributed by atoms with Gasteiger partial charge in [0.25, 0.3) is 5.91 Å². The highest BCUT2D eigenvalue weighted by Crippen LogP contribution is 2.33. The first-order valence-electron chi connectivity index (χ1n) is 5.66. The standard InChI is InChI=1S/C15H11NO2/c17-14-8-4-1-5-10(14)9-12-11-6-2-3-7-13(11)16-15(12)18/h1-9,17H,(H,16,18)/b12-9-. The van der Waals surface area contributed by atoms with Crippen LogP contribution >= 0.6 is 0 Å². The van der Waals surface area contributed by atoms with Crippen LogP contribution in [-0.4, -0.2) is 11.0 Å². The molecule has 2 aromatic rings. The van der Waals surface area contributed by atoms with E-state index in [1.165, 1.54) is 0 Å². The quantitative estimate of drug-likeness (QED) is 0.749. The molecule has 3 rings (SSSR count). The molecule has 1 amide bonds. The van der Waals surface area contributed by atoms with Gasteiger partial charge in [-0.1, -0.05) is 36.4 Å². The van der Waals surface area contributed by atoms with Crippen LogP contribution < -0.4 is 5.32 Å². The van der Waals surface area contributed by atoms with E-state index in [0.717, 1.165) is 11.3 Å². The van der Waals surface area contributed by atoms with Crippen molar-refractivity contribution < 1.29 is 9.90 Å². The molecule has 88 valence electrons. The van der Waals surface area contributed by atoms with E-state index >= 15 is 0 Å². The number of phenolic OH excluding ortho intramolecular Hbond substituents is 1. The number of aromatic hydroxyl groups is 1. The van der Waals surface area contributed by atoms with Crippen LogP contribution in [0.5, 0.6) is 5.75 Å². The molecule has 0 bridgehead atoms. The van der Waals surface area contributed by atoms with Crippen LogP contribution in [0, 0.1) is 0 Å². The predicted octanol–water partition coefficient (Wildman–Crippen LogP) is 2.88. The molecule has 18 heavy (non-hydrogen) atoms. The lowest BCUT2D eigenvalue weighted by Crippen LogP contribution is -2.03. The smallest absolute Gasteiger partial charge is 0.256 e. The van der Waals surface area contributed by atoms with Crippen molar-refractivity contribution in [1.29, 1.82) is 0 Å². The zero-order valence-corrected chi connectivity index (χ0v) is 9.55. The summed E-state index contributed by atoms with van der Waals surface area (Å²) in [4.78, 5) is 11.9. The second kappa shape index (κ2) is 4.04. The molecule has 1 aliphatic heterocycles. The van der Waals surface area contributed by atoms with E-state index in [2.05, 4.69) is 5.32 Å². The first kappa shape index (κ1) is 10.6. The van der Waals surface area contributed by atoms with Gasteiger partial charge in [-0.25, -0.2) is 0 Å². The number of carbonyl (C=O) groups is 1. The minimum atomic E-state index is -0.139. The Morgan fingerprint density at radius 3 is 2.56 bits per heavy atom. The van der Waals surface area contributed by atoms with E-state index in [4.69, 9.17) is 0 Å². The normalized spacial score (nSPS) is 15.6. The van der Waals surface area contributed by atoms with Crippen molar-refractivity contribution in [2.24, 2.45) is 0 Å². The Morgan fingerprint density at radius 2 is 1.72 bits per heavy atom. The van der Waals surface area contributed by atoms with E-state index in [1.807, 2.05) is 30.3 Å². The van der Waals surface area contributed by atoms with Crippen LogP contribution in [0.3, 0.4) is 0 Å². The fraction of sp³-hybridized carbons (Fsp3) is 0. The molecule has 0 saturated heterocycles. The van der Waals surface area contributed by atoms with Crippen LogP contribution in [-0.2, 0) is 4.79 Å². The maximum absolute atomic E-state index is 11.9. The van der Waals surface area contributed by atoms with Gasteiger partial charge in [0.1, 0.15) is 5.75 Å². The van der Waals surface area contributed by atoms with Gasteiger partial charge in [0.15, 0.2) is 0 Å². The van der Waals surface area contributed by atoms with E-state index in [9.17, 15) is 9.90 Å². The van der Waals surface area contributed by atoms with Crippen molar-refractivity contribution in [2.75, 3.05) is 5.32 Å². The highest BCUT2D eigenvalue weighted by molar-refractivity contribution is 6.35. The van der Waals surface area contributed by atoms with Gasteiger partial charge < -0.3 is 10.4 Å². The Balaban J connectivity index is 2.13. The first-order valence-corrected chi connectivity index (χ1v) is 5.66. The van der Waals surface area contributed by atoms with E-state index in [0.29, 0.717) is 11.1 Å². The number of amides is 1. The molecule has 1 heterocycles. The Labute approximate surface area is 104 Å². The van der Waals surface area contributed by atoms with Crippen LogP contribution in [0.25, 0.3) is 11.6 Å². The number of benzene rings is 2. The van der Waals surface area contributed by atoms with Gasteiger partial charge in [-0.3, -0.25) is 4.79 Å². The monoisotopic (exact) mass is 237 g/mol. The minimum Gasteiger partial charge on any atom is -0.507 e. The molecule has 0 aliphatic carbocycles. The Hall–Kier alpha value is -2.55. The number of carbonyl (C=O) groups excluding carboxylic acids is 1. The van der Waals surface area contributed by atoms with Gasteiger partial charge >= 0.3 is 0 Å². The second-order valence-electron chi connectivity index (χ2n) is 4.12. The number of fused-ring (bicyclic) bond motifs is 1. The number of nitrogens with one attached hydrogen (secondary N) is 1. The second-order valence-corrected chi connectivity index (χ2v) is 4.12. The van der Waals surface area contributed by atoms with Gasteiger partial charge in [-0.05, 0) is 18.2 Å². The van der Waals surface area contributed by atoms with Crippen LogP contribution in [0.2, 0.25) is 0 Å². The van der Waals surface area contributed by atoms with Crippen LogP contribution in [0.15, 0.2) is 48.5 Å². The number of anilines is 1. The van der Waals surface area contributed by atoms with Gasteiger partial charge in [0.05, 0.1) is 0 Å². The third kappa shape index (κ3) is 1.66. The zero-order valence-electron chi connectivity index (χ0n) is 9.55. The molecule has 2 aromatic carbocycles. The predicted molar refractivity (Wildman–Crippen MR) is 71.0 cm³/mol. The van der Waals surface area contributed by atoms with Gasteiger partial charge in [-0.2, -0.15) is 0 Å². The molecule has 0 aromatic heterocycles. The Bertz CT molecular complexity index is 659. The summed E-state index contributed by atoms with van der Waals surface area (Å²) in [7, 11) is 0. The third-order valence-corrected chi connectivity index (χ3v) is 2.95. The fourth-order valence-corrected chi connectivity index (χ4v) is 2.05. The number of phenols is 1. The molecule has 0 unspecified atom stereocenters. The number of rotatable bonds is 1. The highest BCUT2D eigenvalue weighted by Gasteiger charge is 2.23. The average Bonchev–Trinajstić information content (AvgIpc) is 2.69. The molecule has 1 aliphatic rings. The highest BCUT2D eigenvalue weighted by atomic mass is 16.3. The van der Waals surface area contributed by atoms with Crippen molar-refractivity contribution >= 4 is 23.2 Å². The number of hydrogen-bond donors (Lipinski definition) is 2. The summed E-state index contributed by atoms with van der Waals surface area (Å²) in [6, 6.07) is 14.5. The molecule has 0 spiro atoms. The molecule has 0 atom stereocenters. The SMILES string of the molecule is O=C1Nc2ccccc2/C1=C/c1ccccc1O. The van der Waals surface area contributed by atoms with Gasteiger partial charge in [-0.15, -0.1) is 0 Å². The molecule has 3 heteroatoms. The Kier molecular flexibility index (Phi) is 2.38. The largest absolute Gasteiger partial charge is 0.507 e. The van der Waals surface area contributed by atoms with Gasteiger partial charge in [0.2, 0.25) is 0 Å². The van der Waals surface area contributed by atoms with Gasteiger partial charge in [0, 0.05) is 22.4 Å². The third-order valence-electron chi connectivity index (χ3n) is 2.95.